The predicted molar refractivity (Wildman–Crippen MR) is 98.5 cm³/mol. The van der Waals surface area contributed by atoms with Gasteiger partial charge in [0.25, 0.3) is 5.91 Å². The molecule has 1 amide bonds. The number of aryl methyl sites for hydroxylation is 1. The summed E-state index contributed by atoms with van der Waals surface area (Å²) in [7, 11) is 3.40. The number of aromatic amines is 1. The van der Waals surface area contributed by atoms with E-state index in [-0.39, 0.29) is 5.91 Å². The first kappa shape index (κ1) is 17.7. The standard InChI is InChI=1S/C19H23N5O2/c1-4-6-15-9-18(22-21-15)19(25)23(2)12-14-11-20-24(13-14)16-7-5-8-17(10-16)26-3/h5,7-11,13H,4,6,12H2,1-3H3,(H,21,22). The summed E-state index contributed by atoms with van der Waals surface area (Å²) in [5.74, 6) is 0.658. The summed E-state index contributed by atoms with van der Waals surface area (Å²) < 4.78 is 7.01. The number of benzene rings is 1. The Morgan fingerprint density at radius 3 is 2.96 bits per heavy atom. The lowest BCUT2D eigenvalue weighted by molar-refractivity contribution is 0.0779. The van der Waals surface area contributed by atoms with Gasteiger partial charge in [-0.05, 0) is 24.6 Å². The van der Waals surface area contributed by atoms with E-state index in [1.165, 1.54) is 0 Å². The highest BCUT2D eigenvalue weighted by molar-refractivity contribution is 5.92. The number of methoxy groups -OCH3 is 1. The van der Waals surface area contributed by atoms with E-state index in [4.69, 9.17) is 4.74 Å². The molecule has 0 atom stereocenters. The molecule has 0 saturated carbocycles. The fraction of sp³-hybridized carbons (Fsp3) is 0.316. The molecule has 0 unspecified atom stereocenters. The summed E-state index contributed by atoms with van der Waals surface area (Å²) in [6.07, 6.45) is 5.56. The zero-order chi connectivity index (χ0) is 18.5. The molecule has 1 N–H and O–H groups in total. The molecule has 0 aliphatic carbocycles. The smallest absolute Gasteiger partial charge is 0.274 e. The van der Waals surface area contributed by atoms with Crippen LogP contribution in [0, 0.1) is 0 Å². The van der Waals surface area contributed by atoms with Gasteiger partial charge in [0.15, 0.2) is 0 Å². The summed E-state index contributed by atoms with van der Waals surface area (Å²) in [6, 6.07) is 9.48. The van der Waals surface area contributed by atoms with E-state index < -0.39 is 0 Å². The van der Waals surface area contributed by atoms with Crippen molar-refractivity contribution in [1.29, 1.82) is 0 Å². The summed E-state index contributed by atoms with van der Waals surface area (Å²) in [5.41, 5.74) is 3.26. The monoisotopic (exact) mass is 353 g/mol. The van der Waals surface area contributed by atoms with E-state index in [0.717, 1.165) is 35.5 Å². The van der Waals surface area contributed by atoms with Crippen molar-refractivity contribution in [2.75, 3.05) is 14.2 Å². The Morgan fingerprint density at radius 1 is 1.35 bits per heavy atom. The quantitative estimate of drug-likeness (QED) is 0.709. The summed E-state index contributed by atoms with van der Waals surface area (Å²) in [6.45, 7) is 2.55. The lowest BCUT2D eigenvalue weighted by Crippen LogP contribution is -2.26. The number of ether oxygens (including phenoxy) is 1. The third-order valence-corrected chi connectivity index (χ3v) is 4.09. The van der Waals surface area contributed by atoms with Crippen LogP contribution >= 0.6 is 0 Å². The predicted octanol–water partition coefficient (Wildman–Crippen LogP) is 2.83. The summed E-state index contributed by atoms with van der Waals surface area (Å²) in [5, 5.41) is 11.4. The first-order chi connectivity index (χ1) is 12.6. The first-order valence-electron chi connectivity index (χ1n) is 8.58. The molecule has 0 radical (unpaired) electrons. The van der Waals surface area contributed by atoms with Crippen LogP contribution in [0.2, 0.25) is 0 Å². The molecule has 7 nitrogen and oxygen atoms in total. The Morgan fingerprint density at radius 2 is 2.19 bits per heavy atom. The highest BCUT2D eigenvalue weighted by Gasteiger charge is 2.16. The van der Waals surface area contributed by atoms with Crippen molar-refractivity contribution in [2.45, 2.75) is 26.3 Å². The number of nitrogens with zero attached hydrogens (tertiary/aromatic N) is 4. The van der Waals surface area contributed by atoms with Crippen molar-refractivity contribution < 1.29 is 9.53 Å². The maximum Gasteiger partial charge on any atom is 0.274 e. The Labute approximate surface area is 152 Å². The third kappa shape index (κ3) is 3.93. The Balaban J connectivity index is 1.68. The number of rotatable bonds is 7. The van der Waals surface area contributed by atoms with E-state index in [9.17, 15) is 4.79 Å². The molecule has 0 spiro atoms. The number of carbonyl (C=O) groups excluding carboxylic acids is 1. The van der Waals surface area contributed by atoms with Gasteiger partial charge in [-0.15, -0.1) is 0 Å². The minimum Gasteiger partial charge on any atom is -0.497 e. The molecule has 2 heterocycles. The number of nitrogens with one attached hydrogen (secondary N) is 1. The molecule has 26 heavy (non-hydrogen) atoms. The maximum absolute atomic E-state index is 12.5. The lowest BCUT2D eigenvalue weighted by atomic mass is 10.2. The molecule has 0 saturated heterocycles. The molecular formula is C19H23N5O2. The van der Waals surface area contributed by atoms with Gasteiger partial charge < -0.3 is 9.64 Å². The number of hydrogen-bond acceptors (Lipinski definition) is 4. The topological polar surface area (TPSA) is 76.0 Å². The van der Waals surface area contributed by atoms with Gasteiger partial charge in [0, 0.05) is 37.1 Å². The summed E-state index contributed by atoms with van der Waals surface area (Å²) in [4.78, 5) is 14.2. The Bertz CT molecular complexity index is 883. The van der Waals surface area contributed by atoms with Crippen LogP contribution in [0.3, 0.4) is 0 Å². The van der Waals surface area contributed by atoms with Gasteiger partial charge >= 0.3 is 0 Å². The molecule has 0 fully saturated rings. The number of aromatic nitrogens is 4. The molecule has 0 bridgehead atoms. The maximum atomic E-state index is 12.5. The van der Waals surface area contributed by atoms with E-state index in [0.29, 0.717) is 12.2 Å². The zero-order valence-electron chi connectivity index (χ0n) is 15.3. The van der Waals surface area contributed by atoms with E-state index in [1.54, 1.807) is 29.9 Å². The average molecular weight is 353 g/mol. The Hall–Kier alpha value is -3.09. The van der Waals surface area contributed by atoms with Gasteiger partial charge in [0.2, 0.25) is 0 Å². The largest absolute Gasteiger partial charge is 0.497 e. The molecule has 7 heteroatoms. The molecule has 3 aromatic rings. The highest BCUT2D eigenvalue weighted by atomic mass is 16.5. The van der Waals surface area contributed by atoms with Gasteiger partial charge in [0.05, 0.1) is 19.0 Å². The number of carbonyl (C=O) groups is 1. The molecule has 1 aromatic carbocycles. The van der Waals surface area contributed by atoms with Crippen molar-refractivity contribution in [2.24, 2.45) is 0 Å². The fourth-order valence-corrected chi connectivity index (χ4v) is 2.75. The third-order valence-electron chi connectivity index (χ3n) is 4.09. The molecule has 3 rings (SSSR count). The van der Waals surface area contributed by atoms with Crippen LogP contribution < -0.4 is 4.74 Å². The van der Waals surface area contributed by atoms with Gasteiger partial charge in [-0.2, -0.15) is 10.2 Å². The SMILES string of the molecule is CCCc1cc(C(=O)N(C)Cc2cnn(-c3cccc(OC)c3)c2)n[nH]1. The van der Waals surface area contributed by atoms with Crippen molar-refractivity contribution in [3.05, 3.63) is 59.7 Å². The molecule has 0 aliphatic rings. The molecular weight excluding hydrogens is 330 g/mol. The van der Waals surface area contributed by atoms with E-state index in [2.05, 4.69) is 22.2 Å². The van der Waals surface area contributed by atoms with Crippen LogP contribution in [0.25, 0.3) is 5.69 Å². The fourth-order valence-electron chi connectivity index (χ4n) is 2.75. The van der Waals surface area contributed by atoms with Crippen LogP contribution in [-0.4, -0.2) is 44.9 Å². The van der Waals surface area contributed by atoms with Crippen LogP contribution in [-0.2, 0) is 13.0 Å². The first-order valence-corrected chi connectivity index (χ1v) is 8.58. The number of H-pyrrole nitrogens is 1. The van der Waals surface area contributed by atoms with Gasteiger partial charge in [-0.1, -0.05) is 19.4 Å². The number of hydrogen-bond donors (Lipinski definition) is 1. The second-order valence-electron chi connectivity index (χ2n) is 6.18. The van der Waals surface area contributed by atoms with Crippen molar-refractivity contribution in [1.82, 2.24) is 24.9 Å². The summed E-state index contributed by atoms with van der Waals surface area (Å²) >= 11 is 0. The average Bonchev–Trinajstić information content (AvgIpc) is 3.31. The van der Waals surface area contributed by atoms with E-state index >= 15 is 0 Å². The van der Waals surface area contributed by atoms with Crippen molar-refractivity contribution in [3.63, 3.8) is 0 Å². The minimum atomic E-state index is -0.113. The van der Waals surface area contributed by atoms with Gasteiger partial charge in [-0.25, -0.2) is 4.68 Å². The lowest BCUT2D eigenvalue weighted by Gasteiger charge is -2.14. The second kappa shape index (κ2) is 7.86. The molecule has 136 valence electrons. The highest BCUT2D eigenvalue weighted by Crippen LogP contribution is 2.17. The minimum absolute atomic E-state index is 0.113. The van der Waals surface area contributed by atoms with Crippen LogP contribution in [0.5, 0.6) is 5.75 Å². The van der Waals surface area contributed by atoms with Gasteiger partial charge in [-0.3, -0.25) is 9.89 Å². The van der Waals surface area contributed by atoms with Crippen molar-refractivity contribution in [3.8, 4) is 11.4 Å². The van der Waals surface area contributed by atoms with Crippen LogP contribution in [0.1, 0.15) is 35.1 Å². The van der Waals surface area contributed by atoms with Gasteiger partial charge in [0.1, 0.15) is 11.4 Å². The van der Waals surface area contributed by atoms with E-state index in [1.807, 2.05) is 36.5 Å². The van der Waals surface area contributed by atoms with Crippen LogP contribution in [0.15, 0.2) is 42.7 Å². The molecule has 0 aliphatic heterocycles. The molecule has 2 aromatic heterocycles. The normalized spacial score (nSPS) is 10.7. The number of amides is 1. The Kier molecular flexibility index (Phi) is 5.36. The van der Waals surface area contributed by atoms with Crippen LogP contribution in [0.4, 0.5) is 0 Å². The second-order valence-corrected chi connectivity index (χ2v) is 6.18. The van der Waals surface area contributed by atoms with Crippen molar-refractivity contribution >= 4 is 5.91 Å². The zero-order valence-corrected chi connectivity index (χ0v) is 15.3.